The number of amides is 1. The third-order valence-corrected chi connectivity index (χ3v) is 6.04. The van der Waals surface area contributed by atoms with Crippen molar-refractivity contribution in [1.82, 2.24) is 14.7 Å². The van der Waals surface area contributed by atoms with Gasteiger partial charge in [-0.3, -0.25) is 4.79 Å². The third kappa shape index (κ3) is 4.21. The van der Waals surface area contributed by atoms with Crippen LogP contribution in [0.4, 0.5) is 5.69 Å². The Morgan fingerprint density at radius 1 is 1.06 bits per heavy atom. The van der Waals surface area contributed by atoms with E-state index in [1.165, 1.54) is 5.69 Å². The van der Waals surface area contributed by atoms with Gasteiger partial charge in [0, 0.05) is 38.3 Å². The van der Waals surface area contributed by atoms with Gasteiger partial charge in [-0.15, -0.1) is 0 Å². The highest BCUT2D eigenvalue weighted by Gasteiger charge is 2.30. The SMILES string of the molecule is CN(Cc1ccccc1N1CCOCC1)C(=O)c1cc(C2CC2)nn1-c1ccccc1. The topological polar surface area (TPSA) is 50.6 Å². The van der Waals surface area contributed by atoms with Crippen LogP contribution in [0.15, 0.2) is 60.7 Å². The highest BCUT2D eigenvalue weighted by atomic mass is 16.5. The van der Waals surface area contributed by atoms with Gasteiger partial charge in [-0.1, -0.05) is 36.4 Å². The van der Waals surface area contributed by atoms with E-state index in [0.29, 0.717) is 18.2 Å². The van der Waals surface area contributed by atoms with E-state index in [9.17, 15) is 4.79 Å². The zero-order valence-electron chi connectivity index (χ0n) is 17.9. The molecule has 2 fully saturated rings. The molecule has 0 unspecified atom stereocenters. The van der Waals surface area contributed by atoms with E-state index in [4.69, 9.17) is 9.84 Å². The smallest absolute Gasteiger partial charge is 0.272 e. The first kappa shape index (κ1) is 19.8. The largest absolute Gasteiger partial charge is 0.378 e. The van der Waals surface area contributed by atoms with Gasteiger partial charge in [-0.2, -0.15) is 5.10 Å². The van der Waals surface area contributed by atoms with E-state index >= 15 is 0 Å². The Bertz CT molecular complexity index is 1050. The second-order valence-corrected chi connectivity index (χ2v) is 8.37. The predicted molar refractivity (Wildman–Crippen MR) is 121 cm³/mol. The molecule has 1 aromatic heterocycles. The highest BCUT2D eigenvalue weighted by molar-refractivity contribution is 5.93. The number of benzene rings is 2. The van der Waals surface area contributed by atoms with Crippen molar-refractivity contribution in [3.63, 3.8) is 0 Å². The molecular weight excluding hydrogens is 388 g/mol. The van der Waals surface area contributed by atoms with Gasteiger partial charge in [-0.25, -0.2) is 4.68 Å². The fourth-order valence-electron chi connectivity index (χ4n) is 4.18. The molecule has 2 aliphatic rings. The maximum Gasteiger partial charge on any atom is 0.272 e. The van der Waals surface area contributed by atoms with Crippen LogP contribution in [0.3, 0.4) is 0 Å². The Morgan fingerprint density at radius 3 is 2.52 bits per heavy atom. The van der Waals surface area contributed by atoms with Crippen LogP contribution in [0.2, 0.25) is 0 Å². The van der Waals surface area contributed by atoms with Crippen LogP contribution in [0.25, 0.3) is 5.69 Å². The van der Waals surface area contributed by atoms with Gasteiger partial charge < -0.3 is 14.5 Å². The molecule has 31 heavy (non-hydrogen) atoms. The van der Waals surface area contributed by atoms with E-state index < -0.39 is 0 Å². The van der Waals surface area contributed by atoms with Crippen LogP contribution in [-0.2, 0) is 11.3 Å². The summed E-state index contributed by atoms with van der Waals surface area (Å²) in [5.41, 5.74) is 4.89. The van der Waals surface area contributed by atoms with Gasteiger partial charge in [-0.05, 0) is 42.7 Å². The fourth-order valence-corrected chi connectivity index (χ4v) is 4.18. The number of nitrogens with zero attached hydrogens (tertiary/aromatic N) is 4. The van der Waals surface area contributed by atoms with Gasteiger partial charge in [0.1, 0.15) is 5.69 Å². The average Bonchev–Trinajstić information content (AvgIpc) is 3.58. The fraction of sp³-hybridized carbons (Fsp3) is 0.360. The minimum Gasteiger partial charge on any atom is -0.378 e. The Hall–Kier alpha value is -3.12. The number of hydrogen-bond donors (Lipinski definition) is 0. The number of para-hydroxylation sites is 2. The van der Waals surface area contributed by atoms with Crippen molar-refractivity contribution >= 4 is 11.6 Å². The molecule has 0 bridgehead atoms. The van der Waals surface area contributed by atoms with Crippen molar-refractivity contribution in [1.29, 1.82) is 0 Å². The zero-order valence-corrected chi connectivity index (χ0v) is 17.9. The number of morpholine rings is 1. The van der Waals surface area contributed by atoms with Crippen molar-refractivity contribution in [2.75, 3.05) is 38.3 Å². The third-order valence-electron chi connectivity index (χ3n) is 6.04. The van der Waals surface area contributed by atoms with E-state index in [-0.39, 0.29) is 5.91 Å². The highest BCUT2D eigenvalue weighted by Crippen LogP contribution is 2.40. The molecule has 1 saturated heterocycles. The monoisotopic (exact) mass is 416 g/mol. The molecule has 1 saturated carbocycles. The Kier molecular flexibility index (Phi) is 5.47. The molecule has 6 nitrogen and oxygen atoms in total. The molecule has 2 aromatic carbocycles. The lowest BCUT2D eigenvalue weighted by atomic mass is 10.1. The summed E-state index contributed by atoms with van der Waals surface area (Å²) in [5, 5.41) is 4.79. The summed E-state index contributed by atoms with van der Waals surface area (Å²) in [5.74, 6) is 0.476. The lowest BCUT2D eigenvalue weighted by Crippen LogP contribution is -2.37. The summed E-state index contributed by atoms with van der Waals surface area (Å²) in [6.45, 7) is 3.78. The number of hydrogen-bond acceptors (Lipinski definition) is 4. The van der Waals surface area contributed by atoms with Crippen molar-refractivity contribution in [2.45, 2.75) is 25.3 Å². The quantitative estimate of drug-likeness (QED) is 0.612. The minimum absolute atomic E-state index is 0.0139. The maximum atomic E-state index is 13.5. The molecule has 3 aromatic rings. The molecule has 1 aliphatic carbocycles. The number of ether oxygens (including phenoxy) is 1. The summed E-state index contributed by atoms with van der Waals surface area (Å²) in [4.78, 5) is 17.7. The lowest BCUT2D eigenvalue weighted by molar-refractivity contribution is 0.0776. The number of anilines is 1. The summed E-state index contributed by atoms with van der Waals surface area (Å²) in [6, 6.07) is 20.2. The van der Waals surface area contributed by atoms with Crippen molar-refractivity contribution in [2.24, 2.45) is 0 Å². The van der Waals surface area contributed by atoms with Crippen LogP contribution in [0.5, 0.6) is 0 Å². The second-order valence-electron chi connectivity index (χ2n) is 8.37. The summed E-state index contributed by atoms with van der Waals surface area (Å²) >= 11 is 0. The van der Waals surface area contributed by atoms with Gasteiger partial charge in [0.15, 0.2) is 0 Å². The van der Waals surface area contributed by atoms with Crippen molar-refractivity contribution < 1.29 is 9.53 Å². The molecule has 1 amide bonds. The van der Waals surface area contributed by atoms with E-state index in [1.807, 2.05) is 49.5 Å². The Morgan fingerprint density at radius 2 is 1.77 bits per heavy atom. The van der Waals surface area contributed by atoms with Gasteiger partial charge in [0.05, 0.1) is 24.6 Å². The van der Waals surface area contributed by atoms with Crippen LogP contribution < -0.4 is 4.90 Å². The average molecular weight is 417 g/mol. The first-order chi connectivity index (χ1) is 15.2. The molecule has 0 radical (unpaired) electrons. The van der Waals surface area contributed by atoms with Gasteiger partial charge in [0.25, 0.3) is 5.91 Å². The zero-order chi connectivity index (χ0) is 21.2. The van der Waals surface area contributed by atoms with Crippen LogP contribution in [0.1, 0.15) is 40.5 Å². The number of aromatic nitrogens is 2. The maximum absolute atomic E-state index is 13.5. The molecule has 6 heteroatoms. The molecule has 5 rings (SSSR count). The minimum atomic E-state index is -0.0139. The van der Waals surface area contributed by atoms with Crippen LogP contribution in [0, 0.1) is 0 Å². The molecule has 0 atom stereocenters. The number of carbonyl (C=O) groups is 1. The first-order valence-corrected chi connectivity index (χ1v) is 11.0. The Labute approximate surface area is 183 Å². The lowest BCUT2D eigenvalue weighted by Gasteiger charge is -2.31. The molecule has 1 aliphatic heterocycles. The standard InChI is InChI=1S/C25H28N4O2/c1-27(18-20-7-5-6-10-23(20)28-13-15-31-16-14-28)25(30)24-17-22(19-11-12-19)26-29(24)21-8-3-2-4-9-21/h2-10,17,19H,11-16,18H2,1H3. The second kappa shape index (κ2) is 8.55. The Balaban J connectivity index is 1.41. The normalized spacial score (nSPS) is 16.4. The first-order valence-electron chi connectivity index (χ1n) is 11.0. The number of rotatable bonds is 6. The summed E-state index contributed by atoms with van der Waals surface area (Å²) < 4.78 is 7.31. The van der Waals surface area contributed by atoms with Crippen LogP contribution in [-0.4, -0.2) is 53.9 Å². The number of carbonyl (C=O) groups excluding carboxylic acids is 1. The van der Waals surface area contributed by atoms with Crippen molar-refractivity contribution in [3.8, 4) is 5.69 Å². The molecule has 160 valence electrons. The van der Waals surface area contributed by atoms with E-state index in [2.05, 4.69) is 23.1 Å². The molecule has 0 spiro atoms. The van der Waals surface area contributed by atoms with E-state index in [0.717, 1.165) is 56.1 Å². The van der Waals surface area contributed by atoms with Crippen LogP contribution >= 0.6 is 0 Å². The summed E-state index contributed by atoms with van der Waals surface area (Å²) in [7, 11) is 1.87. The van der Waals surface area contributed by atoms with E-state index in [1.54, 1.807) is 9.58 Å². The summed E-state index contributed by atoms with van der Waals surface area (Å²) in [6.07, 6.45) is 2.31. The predicted octanol–water partition coefficient (Wildman–Crippen LogP) is 3.86. The molecular formula is C25H28N4O2. The molecule has 0 N–H and O–H groups in total. The molecule has 2 heterocycles. The van der Waals surface area contributed by atoms with Gasteiger partial charge in [0.2, 0.25) is 0 Å². The van der Waals surface area contributed by atoms with Gasteiger partial charge >= 0.3 is 0 Å². The van der Waals surface area contributed by atoms with Crippen molar-refractivity contribution in [3.05, 3.63) is 77.6 Å².